The highest BCUT2D eigenvalue weighted by Gasteiger charge is 2.10. The lowest BCUT2D eigenvalue weighted by Gasteiger charge is -2.14. The van der Waals surface area contributed by atoms with Gasteiger partial charge in [0.15, 0.2) is 0 Å². The monoisotopic (exact) mass is 305 g/mol. The molecule has 0 fully saturated rings. The van der Waals surface area contributed by atoms with E-state index in [1.54, 1.807) is 6.07 Å². The van der Waals surface area contributed by atoms with Crippen molar-refractivity contribution >= 4 is 21.4 Å². The summed E-state index contributed by atoms with van der Waals surface area (Å²) < 4.78 is 27.7. The third kappa shape index (κ3) is 6.27. The highest BCUT2D eigenvalue weighted by atomic mass is 35.5. The van der Waals surface area contributed by atoms with Gasteiger partial charge in [0, 0.05) is 12.3 Å². The van der Waals surface area contributed by atoms with Gasteiger partial charge in [-0.15, -0.1) is 0 Å². The topological polar surface area (TPSA) is 69.4 Å². The molecule has 0 aromatic heterocycles. The second-order valence-electron chi connectivity index (χ2n) is 4.74. The molecule has 6 heteroatoms. The van der Waals surface area contributed by atoms with Crippen LogP contribution in [0.1, 0.15) is 18.9 Å². The van der Waals surface area contributed by atoms with Crippen LogP contribution in [0, 0.1) is 0 Å². The van der Waals surface area contributed by atoms with E-state index in [-0.39, 0.29) is 11.8 Å². The number of rotatable bonds is 7. The number of para-hydroxylation sites is 1. The molecule has 0 bridgehead atoms. The third-order valence-corrected chi connectivity index (χ3v) is 3.82. The Balaban J connectivity index is 2.66. The van der Waals surface area contributed by atoms with Crippen LogP contribution in [0.15, 0.2) is 18.2 Å². The van der Waals surface area contributed by atoms with Gasteiger partial charge < -0.3 is 10.5 Å². The fraction of sp³-hybridized carbons (Fsp3) is 0.538. The Labute approximate surface area is 119 Å². The minimum absolute atomic E-state index is 0.0110. The molecule has 1 rings (SSSR count). The first-order chi connectivity index (χ1) is 8.79. The Morgan fingerprint density at radius 2 is 2.11 bits per heavy atom. The summed E-state index contributed by atoms with van der Waals surface area (Å²) >= 11 is 6.10. The zero-order valence-corrected chi connectivity index (χ0v) is 12.8. The summed E-state index contributed by atoms with van der Waals surface area (Å²) in [6, 6.07) is 5.53. The lowest BCUT2D eigenvalue weighted by Crippen LogP contribution is -2.18. The van der Waals surface area contributed by atoms with Crippen LogP contribution in [0.4, 0.5) is 0 Å². The molecule has 0 spiro atoms. The highest BCUT2D eigenvalue weighted by molar-refractivity contribution is 7.90. The van der Waals surface area contributed by atoms with Gasteiger partial charge in [0.1, 0.15) is 15.6 Å². The minimum Gasteiger partial charge on any atom is -0.492 e. The molecular formula is C13H20ClNO3S. The zero-order valence-electron chi connectivity index (χ0n) is 11.2. The van der Waals surface area contributed by atoms with Crippen molar-refractivity contribution in [3.8, 4) is 5.75 Å². The maximum absolute atomic E-state index is 11.0. The van der Waals surface area contributed by atoms with Crippen LogP contribution in [0.2, 0.25) is 5.02 Å². The molecule has 0 heterocycles. The van der Waals surface area contributed by atoms with Gasteiger partial charge in [-0.25, -0.2) is 8.42 Å². The summed E-state index contributed by atoms with van der Waals surface area (Å²) in [5.41, 5.74) is 6.72. The largest absolute Gasteiger partial charge is 0.492 e. The van der Waals surface area contributed by atoms with E-state index < -0.39 is 9.84 Å². The smallest absolute Gasteiger partial charge is 0.147 e. The SMILES string of the molecule is CC(N)Cc1cccc(Cl)c1OCCCS(C)(=O)=O. The summed E-state index contributed by atoms with van der Waals surface area (Å²) in [7, 11) is -2.95. The van der Waals surface area contributed by atoms with Crippen molar-refractivity contribution in [3.63, 3.8) is 0 Å². The van der Waals surface area contributed by atoms with Crippen LogP contribution < -0.4 is 10.5 Å². The van der Waals surface area contributed by atoms with Gasteiger partial charge in [-0.3, -0.25) is 0 Å². The van der Waals surface area contributed by atoms with Crippen LogP contribution >= 0.6 is 11.6 Å². The Morgan fingerprint density at radius 3 is 2.68 bits per heavy atom. The molecule has 0 aliphatic carbocycles. The quantitative estimate of drug-likeness (QED) is 0.783. The van der Waals surface area contributed by atoms with Crippen molar-refractivity contribution in [1.29, 1.82) is 0 Å². The molecule has 0 aliphatic heterocycles. The van der Waals surface area contributed by atoms with Gasteiger partial charge in [0.2, 0.25) is 0 Å². The number of halogens is 1. The first-order valence-electron chi connectivity index (χ1n) is 6.13. The van der Waals surface area contributed by atoms with Gasteiger partial charge in [0.25, 0.3) is 0 Å². The van der Waals surface area contributed by atoms with E-state index in [1.807, 2.05) is 19.1 Å². The molecule has 1 atom stereocenters. The fourth-order valence-electron chi connectivity index (χ4n) is 1.72. The lowest BCUT2D eigenvalue weighted by molar-refractivity contribution is 0.314. The van der Waals surface area contributed by atoms with Crippen LogP contribution in [-0.2, 0) is 16.3 Å². The molecule has 0 amide bonds. The molecule has 0 saturated carbocycles. The van der Waals surface area contributed by atoms with Crippen molar-refractivity contribution in [2.45, 2.75) is 25.8 Å². The van der Waals surface area contributed by atoms with Crippen molar-refractivity contribution in [2.75, 3.05) is 18.6 Å². The van der Waals surface area contributed by atoms with E-state index in [2.05, 4.69) is 0 Å². The van der Waals surface area contributed by atoms with Gasteiger partial charge >= 0.3 is 0 Å². The van der Waals surface area contributed by atoms with E-state index in [0.717, 1.165) is 5.56 Å². The normalized spacial score (nSPS) is 13.3. The van der Waals surface area contributed by atoms with E-state index in [1.165, 1.54) is 6.26 Å². The van der Waals surface area contributed by atoms with Gasteiger partial charge in [-0.1, -0.05) is 23.7 Å². The molecule has 0 radical (unpaired) electrons. The molecule has 2 N–H and O–H groups in total. The predicted octanol–water partition coefficient (Wildman–Crippen LogP) is 2.04. The maximum Gasteiger partial charge on any atom is 0.147 e. The van der Waals surface area contributed by atoms with E-state index in [0.29, 0.717) is 30.2 Å². The standard InChI is InChI=1S/C13H20ClNO3S/c1-10(15)9-11-5-3-6-12(14)13(11)18-7-4-8-19(2,16)17/h3,5-6,10H,4,7-9,15H2,1-2H3. The number of ether oxygens (including phenoxy) is 1. The number of nitrogens with two attached hydrogens (primary N) is 1. The Kier molecular flexibility index (Phi) is 6.10. The molecule has 1 unspecified atom stereocenters. The number of hydrogen-bond acceptors (Lipinski definition) is 4. The predicted molar refractivity (Wildman–Crippen MR) is 78.6 cm³/mol. The summed E-state index contributed by atoms with van der Waals surface area (Å²) in [6.45, 7) is 2.23. The molecule has 0 aliphatic rings. The zero-order chi connectivity index (χ0) is 14.5. The molecule has 1 aromatic carbocycles. The number of sulfone groups is 1. The summed E-state index contributed by atoms with van der Waals surface area (Å²) in [5, 5.41) is 0.525. The molecule has 1 aromatic rings. The molecule has 0 saturated heterocycles. The van der Waals surface area contributed by atoms with Crippen molar-refractivity contribution in [1.82, 2.24) is 0 Å². The second kappa shape index (κ2) is 7.12. The Bertz CT molecular complexity index is 515. The lowest BCUT2D eigenvalue weighted by atomic mass is 10.1. The molecule has 4 nitrogen and oxygen atoms in total. The first kappa shape index (κ1) is 16.3. The van der Waals surface area contributed by atoms with Crippen molar-refractivity contribution in [2.24, 2.45) is 5.73 Å². The van der Waals surface area contributed by atoms with Gasteiger partial charge in [-0.2, -0.15) is 0 Å². The Hall–Kier alpha value is -0.780. The first-order valence-corrected chi connectivity index (χ1v) is 8.57. The van der Waals surface area contributed by atoms with Crippen LogP contribution in [-0.4, -0.2) is 33.1 Å². The minimum atomic E-state index is -2.95. The van der Waals surface area contributed by atoms with Crippen molar-refractivity contribution < 1.29 is 13.2 Å². The number of hydrogen-bond donors (Lipinski definition) is 1. The number of benzene rings is 1. The van der Waals surface area contributed by atoms with Crippen LogP contribution in [0.3, 0.4) is 0 Å². The average Bonchev–Trinajstić information content (AvgIpc) is 2.25. The van der Waals surface area contributed by atoms with E-state index in [9.17, 15) is 8.42 Å². The van der Waals surface area contributed by atoms with Crippen molar-refractivity contribution in [3.05, 3.63) is 28.8 Å². The van der Waals surface area contributed by atoms with Gasteiger partial charge in [-0.05, 0) is 31.4 Å². The third-order valence-electron chi connectivity index (χ3n) is 2.50. The summed E-state index contributed by atoms with van der Waals surface area (Å²) in [4.78, 5) is 0. The van der Waals surface area contributed by atoms with E-state index in [4.69, 9.17) is 22.1 Å². The molecular weight excluding hydrogens is 286 g/mol. The van der Waals surface area contributed by atoms with Gasteiger partial charge in [0.05, 0.1) is 17.4 Å². The fourth-order valence-corrected chi connectivity index (χ4v) is 2.61. The van der Waals surface area contributed by atoms with E-state index >= 15 is 0 Å². The average molecular weight is 306 g/mol. The second-order valence-corrected chi connectivity index (χ2v) is 7.41. The summed E-state index contributed by atoms with van der Waals surface area (Å²) in [5.74, 6) is 0.718. The Morgan fingerprint density at radius 1 is 1.42 bits per heavy atom. The molecule has 19 heavy (non-hydrogen) atoms. The maximum atomic E-state index is 11.0. The highest BCUT2D eigenvalue weighted by Crippen LogP contribution is 2.29. The van der Waals surface area contributed by atoms with Crippen LogP contribution in [0.5, 0.6) is 5.75 Å². The molecule has 108 valence electrons. The summed E-state index contributed by atoms with van der Waals surface area (Å²) in [6.07, 6.45) is 2.33. The van der Waals surface area contributed by atoms with Crippen LogP contribution in [0.25, 0.3) is 0 Å².